The Labute approximate surface area is 144 Å². The second-order valence-corrected chi connectivity index (χ2v) is 7.59. The van der Waals surface area contributed by atoms with Gasteiger partial charge in [0.1, 0.15) is 13.2 Å². The molecule has 6 heteroatoms. The number of hydrogen-bond acceptors (Lipinski definition) is 4. The van der Waals surface area contributed by atoms with Crippen molar-refractivity contribution in [1.82, 2.24) is 10.6 Å². The molecule has 3 aliphatic carbocycles. The molecule has 6 nitrogen and oxygen atoms in total. The Hall–Kier alpha value is -1.14. The van der Waals surface area contributed by atoms with Gasteiger partial charge in [-0.05, 0) is 56.3 Å². The first-order valence-electron chi connectivity index (χ1n) is 9.42. The summed E-state index contributed by atoms with van der Waals surface area (Å²) in [6.07, 6.45) is 8.04. The van der Waals surface area contributed by atoms with E-state index in [9.17, 15) is 9.59 Å². The van der Waals surface area contributed by atoms with Gasteiger partial charge in [0, 0.05) is 12.6 Å². The first kappa shape index (κ1) is 17.7. The highest BCUT2D eigenvalue weighted by atomic mass is 16.5. The Morgan fingerprint density at radius 2 is 1.46 bits per heavy atom. The van der Waals surface area contributed by atoms with E-state index in [0.717, 1.165) is 19.3 Å². The van der Waals surface area contributed by atoms with Gasteiger partial charge in [-0.25, -0.2) is 0 Å². The van der Waals surface area contributed by atoms with Crippen LogP contribution in [0.4, 0.5) is 0 Å². The summed E-state index contributed by atoms with van der Waals surface area (Å²) >= 11 is 0. The Balaban J connectivity index is 1.27. The molecule has 2 N–H and O–H groups in total. The van der Waals surface area contributed by atoms with E-state index >= 15 is 0 Å². The third kappa shape index (κ3) is 6.40. The van der Waals surface area contributed by atoms with Crippen LogP contribution in [0.3, 0.4) is 0 Å². The number of amides is 2. The van der Waals surface area contributed by atoms with Crippen molar-refractivity contribution in [2.45, 2.75) is 51.0 Å². The fraction of sp³-hybridized carbons (Fsp3) is 0.889. The Bertz CT molecular complexity index is 435. The van der Waals surface area contributed by atoms with Gasteiger partial charge < -0.3 is 20.1 Å². The molecule has 0 aromatic rings. The molecule has 0 radical (unpaired) electrons. The van der Waals surface area contributed by atoms with Gasteiger partial charge in [0.2, 0.25) is 11.8 Å². The van der Waals surface area contributed by atoms with Gasteiger partial charge in [0.05, 0.1) is 13.2 Å². The lowest BCUT2D eigenvalue weighted by molar-refractivity contribution is -0.126. The third-order valence-electron chi connectivity index (χ3n) is 5.13. The largest absolute Gasteiger partial charge is 0.371 e. The van der Waals surface area contributed by atoms with E-state index in [1.54, 1.807) is 0 Å². The van der Waals surface area contributed by atoms with Crippen molar-refractivity contribution in [2.75, 3.05) is 33.0 Å². The van der Waals surface area contributed by atoms with Crippen molar-refractivity contribution in [2.24, 2.45) is 17.8 Å². The predicted octanol–water partition coefficient (Wildman–Crippen LogP) is 1.24. The van der Waals surface area contributed by atoms with E-state index in [1.165, 1.54) is 25.7 Å². The summed E-state index contributed by atoms with van der Waals surface area (Å²) in [4.78, 5) is 23.8. The molecule has 24 heavy (non-hydrogen) atoms. The Morgan fingerprint density at radius 3 is 2.08 bits per heavy atom. The van der Waals surface area contributed by atoms with Crippen LogP contribution in [0.1, 0.15) is 44.9 Å². The van der Waals surface area contributed by atoms with E-state index in [2.05, 4.69) is 10.6 Å². The van der Waals surface area contributed by atoms with Gasteiger partial charge in [-0.3, -0.25) is 9.59 Å². The van der Waals surface area contributed by atoms with Crippen LogP contribution in [0.5, 0.6) is 0 Å². The van der Waals surface area contributed by atoms with Crippen LogP contribution < -0.4 is 10.6 Å². The quantitative estimate of drug-likeness (QED) is 0.594. The molecule has 0 bridgehead atoms. The minimum absolute atomic E-state index is 0.0355. The highest BCUT2D eigenvalue weighted by Crippen LogP contribution is 2.29. The number of nitrogens with one attached hydrogen (secondary N) is 2. The van der Waals surface area contributed by atoms with Gasteiger partial charge in [0.25, 0.3) is 0 Å². The molecule has 0 aromatic heterocycles. The van der Waals surface area contributed by atoms with Gasteiger partial charge in [-0.15, -0.1) is 0 Å². The number of rotatable bonds is 11. The highest BCUT2D eigenvalue weighted by molar-refractivity contribution is 5.78. The van der Waals surface area contributed by atoms with Crippen LogP contribution in [-0.2, 0) is 19.1 Å². The van der Waals surface area contributed by atoms with Crippen LogP contribution in [0.25, 0.3) is 0 Å². The van der Waals surface area contributed by atoms with E-state index in [-0.39, 0.29) is 31.1 Å². The second kappa shape index (κ2) is 8.81. The SMILES string of the molecule is O=C(COCC1CC1)NCC1CCCC1NC(=O)COCC1CC1. The van der Waals surface area contributed by atoms with Gasteiger partial charge in [-0.1, -0.05) is 6.42 Å². The standard InChI is InChI=1S/C18H30N2O4/c21-17(11-23-9-13-4-5-13)19-8-15-2-1-3-16(15)20-18(22)12-24-10-14-6-7-14/h13-16H,1-12H2,(H,19,21)(H,20,22). The molecule has 0 heterocycles. The molecule has 0 spiro atoms. The maximum absolute atomic E-state index is 12.0. The maximum atomic E-state index is 12.0. The summed E-state index contributed by atoms with van der Waals surface area (Å²) in [6, 6.07) is 0.148. The van der Waals surface area contributed by atoms with Gasteiger partial charge in [0.15, 0.2) is 0 Å². The summed E-state index contributed by atoms with van der Waals surface area (Å²) in [5.74, 6) is 1.57. The van der Waals surface area contributed by atoms with Crippen LogP contribution >= 0.6 is 0 Å². The molecular formula is C18H30N2O4. The Kier molecular flexibility index (Phi) is 6.49. The molecular weight excluding hydrogens is 308 g/mol. The molecule has 3 rings (SSSR count). The van der Waals surface area contributed by atoms with Crippen LogP contribution in [0.15, 0.2) is 0 Å². The number of carbonyl (C=O) groups excluding carboxylic acids is 2. The normalized spacial score (nSPS) is 26.3. The maximum Gasteiger partial charge on any atom is 0.246 e. The molecule has 3 fully saturated rings. The number of hydrogen-bond donors (Lipinski definition) is 2. The van der Waals surface area contributed by atoms with E-state index < -0.39 is 0 Å². The molecule has 2 unspecified atom stereocenters. The van der Waals surface area contributed by atoms with Crippen LogP contribution in [0, 0.1) is 17.8 Å². The monoisotopic (exact) mass is 338 g/mol. The smallest absolute Gasteiger partial charge is 0.246 e. The molecule has 3 aliphatic rings. The molecule has 0 saturated heterocycles. The van der Waals surface area contributed by atoms with E-state index in [1.807, 2.05) is 0 Å². The fourth-order valence-corrected chi connectivity index (χ4v) is 3.22. The summed E-state index contributed by atoms with van der Waals surface area (Å²) in [5.41, 5.74) is 0. The lowest BCUT2D eigenvalue weighted by atomic mass is 10.0. The molecule has 0 aromatic carbocycles. The topological polar surface area (TPSA) is 76.7 Å². The number of carbonyl (C=O) groups is 2. The zero-order chi connectivity index (χ0) is 16.8. The van der Waals surface area contributed by atoms with Crippen molar-refractivity contribution < 1.29 is 19.1 Å². The first-order valence-corrected chi connectivity index (χ1v) is 9.42. The van der Waals surface area contributed by atoms with Crippen LogP contribution in [-0.4, -0.2) is 50.8 Å². The molecule has 3 saturated carbocycles. The van der Waals surface area contributed by atoms with Crippen LogP contribution in [0.2, 0.25) is 0 Å². The highest BCUT2D eigenvalue weighted by Gasteiger charge is 2.29. The second-order valence-electron chi connectivity index (χ2n) is 7.59. The summed E-state index contributed by atoms with van der Waals surface area (Å²) < 4.78 is 10.8. The molecule has 2 amide bonds. The zero-order valence-electron chi connectivity index (χ0n) is 14.4. The summed E-state index contributed by atoms with van der Waals surface area (Å²) in [7, 11) is 0. The lowest BCUT2D eigenvalue weighted by Crippen LogP contribution is -2.43. The average Bonchev–Trinajstić information content (AvgIpc) is 3.47. The van der Waals surface area contributed by atoms with Crippen molar-refractivity contribution in [3.8, 4) is 0 Å². The van der Waals surface area contributed by atoms with E-state index in [4.69, 9.17) is 9.47 Å². The third-order valence-corrected chi connectivity index (χ3v) is 5.13. The minimum atomic E-state index is -0.0552. The van der Waals surface area contributed by atoms with E-state index in [0.29, 0.717) is 37.5 Å². The van der Waals surface area contributed by atoms with Crippen molar-refractivity contribution in [1.29, 1.82) is 0 Å². The summed E-state index contributed by atoms with van der Waals surface area (Å²) in [5, 5.41) is 6.01. The predicted molar refractivity (Wildman–Crippen MR) is 89.4 cm³/mol. The van der Waals surface area contributed by atoms with Gasteiger partial charge >= 0.3 is 0 Å². The Morgan fingerprint density at radius 1 is 0.833 bits per heavy atom. The minimum Gasteiger partial charge on any atom is -0.371 e. The first-order chi connectivity index (χ1) is 11.7. The van der Waals surface area contributed by atoms with Crippen molar-refractivity contribution in [3.63, 3.8) is 0 Å². The van der Waals surface area contributed by atoms with Gasteiger partial charge in [-0.2, -0.15) is 0 Å². The van der Waals surface area contributed by atoms with Crippen molar-refractivity contribution >= 4 is 11.8 Å². The fourth-order valence-electron chi connectivity index (χ4n) is 3.22. The van der Waals surface area contributed by atoms with Crippen molar-refractivity contribution in [3.05, 3.63) is 0 Å². The molecule has 0 aliphatic heterocycles. The lowest BCUT2D eigenvalue weighted by Gasteiger charge is -2.21. The molecule has 2 atom stereocenters. The number of ether oxygens (including phenoxy) is 2. The summed E-state index contributed by atoms with van der Waals surface area (Å²) in [6.45, 7) is 2.32. The zero-order valence-corrected chi connectivity index (χ0v) is 14.4. The average molecular weight is 338 g/mol. The molecule has 136 valence electrons.